The molecule has 7 heteroatoms. The number of hydrogen-bond donors (Lipinski definition) is 0. The molecule has 0 saturated carbocycles. The molecule has 0 amide bonds. The minimum Gasteiger partial charge on any atom is -0.418 e. The lowest BCUT2D eigenvalue weighted by atomic mass is 10.3. The van der Waals surface area contributed by atoms with Crippen molar-refractivity contribution >= 4 is 7.25 Å². The second-order valence-corrected chi connectivity index (χ2v) is 4.78. The Bertz CT molecular complexity index is 320. The number of hydrogen-bond acceptors (Lipinski definition) is 0. The van der Waals surface area contributed by atoms with E-state index in [0.29, 0.717) is 0 Å². The third kappa shape index (κ3) is 9.01. The van der Waals surface area contributed by atoms with Gasteiger partial charge < -0.3 is 26.3 Å². The van der Waals surface area contributed by atoms with Gasteiger partial charge in [0.1, 0.15) is 0 Å². The van der Waals surface area contributed by atoms with Crippen LogP contribution in [0.15, 0.2) is 24.5 Å². The highest BCUT2D eigenvalue weighted by atomic mass is 19.5. The standard InChI is InChI=1S/C13H25N2.BF4/c1-4-15(5-2,6-3)13-9-12-14-10-7-8-11-14;2-1(3,4)5/h7-8,10-11H,4-6,9,12-13H2,1-3H3;/q+1;-1. The normalized spacial score (nSPS) is 11.9. The molecule has 1 aromatic heterocycles. The summed E-state index contributed by atoms with van der Waals surface area (Å²) in [6, 6.07) is 4.20. The third-order valence-corrected chi connectivity index (χ3v) is 3.73. The zero-order valence-electron chi connectivity index (χ0n) is 12.5. The Hall–Kier alpha value is -0.975. The minimum absolute atomic E-state index is 1.16. The van der Waals surface area contributed by atoms with Gasteiger partial charge in [0.15, 0.2) is 0 Å². The maximum absolute atomic E-state index is 9.75. The minimum atomic E-state index is -6.00. The smallest absolute Gasteiger partial charge is 0.418 e. The Morgan fingerprint density at radius 1 is 0.900 bits per heavy atom. The van der Waals surface area contributed by atoms with Gasteiger partial charge in [-0.05, 0) is 32.9 Å². The first-order chi connectivity index (χ1) is 9.26. The Balaban J connectivity index is 0.000000621. The maximum atomic E-state index is 9.75. The van der Waals surface area contributed by atoms with Crippen molar-refractivity contribution in [2.45, 2.75) is 33.7 Å². The van der Waals surface area contributed by atoms with Gasteiger partial charge in [0, 0.05) is 25.4 Å². The zero-order valence-corrected chi connectivity index (χ0v) is 12.5. The van der Waals surface area contributed by atoms with Crippen LogP contribution in [0.3, 0.4) is 0 Å². The molecule has 1 rings (SSSR count). The van der Waals surface area contributed by atoms with Crippen LogP contribution in [0.5, 0.6) is 0 Å². The summed E-state index contributed by atoms with van der Waals surface area (Å²) in [6.45, 7) is 13.2. The van der Waals surface area contributed by atoms with Crippen LogP contribution < -0.4 is 0 Å². The highest BCUT2D eigenvalue weighted by Crippen LogP contribution is 2.08. The van der Waals surface area contributed by atoms with Crippen LogP contribution in [0, 0.1) is 0 Å². The highest BCUT2D eigenvalue weighted by molar-refractivity contribution is 6.50. The summed E-state index contributed by atoms with van der Waals surface area (Å²) < 4.78 is 42.5. The van der Waals surface area contributed by atoms with Crippen LogP contribution in [0.25, 0.3) is 0 Å². The van der Waals surface area contributed by atoms with E-state index < -0.39 is 7.25 Å². The predicted molar refractivity (Wildman–Crippen MR) is 76.0 cm³/mol. The van der Waals surface area contributed by atoms with Gasteiger partial charge in [-0.2, -0.15) is 0 Å². The predicted octanol–water partition coefficient (Wildman–Crippen LogP) is 4.05. The topological polar surface area (TPSA) is 4.93 Å². The fraction of sp³-hybridized carbons (Fsp3) is 0.692. The van der Waals surface area contributed by atoms with Crippen molar-refractivity contribution in [3.05, 3.63) is 24.5 Å². The van der Waals surface area contributed by atoms with Crippen molar-refractivity contribution in [3.8, 4) is 0 Å². The van der Waals surface area contributed by atoms with E-state index in [1.54, 1.807) is 0 Å². The first-order valence-electron chi connectivity index (χ1n) is 7.09. The number of aryl methyl sites for hydroxylation is 1. The monoisotopic (exact) mass is 296 g/mol. The molecule has 20 heavy (non-hydrogen) atoms. The summed E-state index contributed by atoms with van der Waals surface area (Å²) in [6.07, 6.45) is 5.58. The molecule has 1 heterocycles. The first-order valence-corrected chi connectivity index (χ1v) is 7.09. The van der Waals surface area contributed by atoms with Crippen LogP contribution in [0.1, 0.15) is 27.2 Å². The lowest BCUT2D eigenvalue weighted by molar-refractivity contribution is -0.923. The van der Waals surface area contributed by atoms with Gasteiger partial charge >= 0.3 is 7.25 Å². The average molecular weight is 296 g/mol. The van der Waals surface area contributed by atoms with Crippen molar-refractivity contribution in [2.24, 2.45) is 0 Å². The lowest BCUT2D eigenvalue weighted by Crippen LogP contribution is -2.48. The van der Waals surface area contributed by atoms with Crippen LogP contribution in [-0.2, 0) is 6.54 Å². The molecule has 118 valence electrons. The van der Waals surface area contributed by atoms with E-state index in [2.05, 4.69) is 49.9 Å². The van der Waals surface area contributed by atoms with E-state index in [4.69, 9.17) is 0 Å². The summed E-state index contributed by atoms with van der Waals surface area (Å²) >= 11 is 0. The molecule has 0 atom stereocenters. The Morgan fingerprint density at radius 3 is 1.65 bits per heavy atom. The number of halogens is 4. The fourth-order valence-electron chi connectivity index (χ4n) is 2.25. The van der Waals surface area contributed by atoms with Crippen LogP contribution >= 0.6 is 0 Å². The van der Waals surface area contributed by atoms with Crippen molar-refractivity contribution in [1.29, 1.82) is 0 Å². The fourth-order valence-corrected chi connectivity index (χ4v) is 2.25. The molecule has 0 spiro atoms. The van der Waals surface area contributed by atoms with Gasteiger partial charge in [0.25, 0.3) is 0 Å². The Kier molecular flexibility index (Phi) is 8.61. The van der Waals surface area contributed by atoms with Crippen molar-refractivity contribution in [2.75, 3.05) is 26.2 Å². The molecule has 0 radical (unpaired) electrons. The van der Waals surface area contributed by atoms with Gasteiger partial charge in [-0.1, -0.05) is 0 Å². The molecule has 0 aromatic carbocycles. The lowest BCUT2D eigenvalue weighted by Gasteiger charge is -2.35. The second-order valence-electron chi connectivity index (χ2n) is 4.78. The molecule has 0 N–H and O–H groups in total. The molecule has 0 fully saturated rings. The molecule has 1 aromatic rings. The van der Waals surface area contributed by atoms with E-state index in [0.717, 1.165) is 6.54 Å². The maximum Gasteiger partial charge on any atom is 0.673 e. The van der Waals surface area contributed by atoms with Gasteiger partial charge in [0.05, 0.1) is 26.2 Å². The molecule has 2 nitrogen and oxygen atoms in total. The molecule has 0 unspecified atom stereocenters. The van der Waals surface area contributed by atoms with Crippen molar-refractivity contribution in [1.82, 2.24) is 4.57 Å². The van der Waals surface area contributed by atoms with Crippen molar-refractivity contribution < 1.29 is 21.7 Å². The summed E-state index contributed by atoms with van der Waals surface area (Å²) in [7, 11) is -6.00. The largest absolute Gasteiger partial charge is 0.673 e. The van der Waals surface area contributed by atoms with E-state index in [1.807, 2.05) is 0 Å². The zero-order chi connectivity index (χ0) is 15.6. The number of aromatic nitrogens is 1. The molecule has 0 aliphatic rings. The summed E-state index contributed by atoms with van der Waals surface area (Å²) in [5, 5.41) is 0. The summed E-state index contributed by atoms with van der Waals surface area (Å²) in [5.41, 5.74) is 0. The Morgan fingerprint density at radius 2 is 1.30 bits per heavy atom. The van der Waals surface area contributed by atoms with Gasteiger partial charge in [-0.25, -0.2) is 0 Å². The van der Waals surface area contributed by atoms with Crippen LogP contribution in [0.4, 0.5) is 17.3 Å². The first kappa shape index (κ1) is 19.0. The summed E-state index contributed by atoms with van der Waals surface area (Å²) in [5.74, 6) is 0. The van der Waals surface area contributed by atoms with E-state index in [1.165, 1.54) is 37.1 Å². The van der Waals surface area contributed by atoms with Crippen molar-refractivity contribution in [3.63, 3.8) is 0 Å². The molecule has 0 bridgehead atoms. The van der Waals surface area contributed by atoms with Gasteiger partial charge in [0.2, 0.25) is 0 Å². The molecule has 0 aliphatic heterocycles. The van der Waals surface area contributed by atoms with E-state index >= 15 is 0 Å². The molecule has 0 aliphatic carbocycles. The quantitative estimate of drug-likeness (QED) is 0.406. The summed E-state index contributed by atoms with van der Waals surface area (Å²) in [4.78, 5) is 0. The second kappa shape index (κ2) is 9.05. The highest BCUT2D eigenvalue weighted by Gasteiger charge is 2.20. The third-order valence-electron chi connectivity index (χ3n) is 3.73. The Labute approximate surface area is 119 Å². The average Bonchev–Trinajstić information content (AvgIpc) is 2.86. The number of quaternary nitrogens is 1. The van der Waals surface area contributed by atoms with Gasteiger partial charge in [-0.15, -0.1) is 0 Å². The van der Waals surface area contributed by atoms with E-state index in [-0.39, 0.29) is 0 Å². The SMILES string of the molecule is CC[N+](CC)(CC)CCCn1cccc1.F[B-](F)(F)F. The molecular formula is C13H25BF4N2. The van der Waals surface area contributed by atoms with Crippen LogP contribution in [0.2, 0.25) is 0 Å². The van der Waals surface area contributed by atoms with Gasteiger partial charge in [-0.3, -0.25) is 0 Å². The molecular weight excluding hydrogens is 271 g/mol. The number of rotatable bonds is 7. The number of nitrogens with zero attached hydrogens (tertiary/aromatic N) is 2. The van der Waals surface area contributed by atoms with Crippen LogP contribution in [-0.4, -0.2) is 42.5 Å². The molecule has 0 saturated heterocycles. The van der Waals surface area contributed by atoms with E-state index in [9.17, 15) is 17.3 Å².